The van der Waals surface area contributed by atoms with Crippen molar-refractivity contribution in [2.75, 3.05) is 34.4 Å². The molecule has 0 aliphatic carbocycles. The number of benzene rings is 1. The van der Waals surface area contributed by atoms with Crippen molar-refractivity contribution >= 4 is 40.5 Å². The first-order valence-electron chi connectivity index (χ1n) is 10.1. The second-order valence-electron chi connectivity index (χ2n) is 6.99. The summed E-state index contributed by atoms with van der Waals surface area (Å²) < 4.78 is 17.5. The first kappa shape index (κ1) is 23.1. The lowest BCUT2D eigenvalue weighted by Crippen LogP contribution is -2.37. The molecule has 4 rings (SSSR count). The van der Waals surface area contributed by atoms with E-state index in [1.165, 1.54) is 32.0 Å². The Hall–Kier alpha value is -4.06. The third-order valence-electron chi connectivity index (χ3n) is 5.00. The molecule has 1 saturated heterocycles. The van der Waals surface area contributed by atoms with Crippen LogP contribution in [0, 0.1) is 0 Å². The molecule has 12 heteroatoms. The molecule has 176 valence electrons. The van der Waals surface area contributed by atoms with E-state index in [0.29, 0.717) is 34.0 Å². The Morgan fingerprint density at radius 1 is 1.15 bits per heavy atom. The molecule has 1 aliphatic rings. The van der Waals surface area contributed by atoms with Gasteiger partial charge in [-0.2, -0.15) is 5.10 Å². The Balaban J connectivity index is 1.44. The minimum Gasteiger partial charge on any atom is -0.493 e. The van der Waals surface area contributed by atoms with E-state index in [-0.39, 0.29) is 18.0 Å². The summed E-state index contributed by atoms with van der Waals surface area (Å²) >= 11 is 0.822. The fourth-order valence-electron chi connectivity index (χ4n) is 3.39. The molecule has 1 aliphatic heterocycles. The van der Waals surface area contributed by atoms with E-state index in [2.05, 4.69) is 15.4 Å². The highest BCUT2D eigenvalue weighted by atomic mass is 32.2. The van der Waals surface area contributed by atoms with Crippen molar-refractivity contribution < 1.29 is 28.6 Å². The first-order valence-corrected chi connectivity index (χ1v) is 10.9. The molecule has 0 atom stereocenters. The fourth-order valence-corrected chi connectivity index (χ4v) is 4.26. The van der Waals surface area contributed by atoms with Crippen molar-refractivity contribution in [3.63, 3.8) is 0 Å². The topological polar surface area (TPSA) is 124 Å². The minimum atomic E-state index is -0.448. The Morgan fingerprint density at radius 2 is 1.88 bits per heavy atom. The smallest absolute Gasteiger partial charge is 0.293 e. The number of imide groups is 1. The monoisotopic (exact) mass is 483 g/mol. The van der Waals surface area contributed by atoms with Gasteiger partial charge in [0.05, 0.1) is 32.4 Å². The van der Waals surface area contributed by atoms with Crippen molar-refractivity contribution in [1.29, 1.82) is 0 Å². The average molecular weight is 484 g/mol. The summed E-state index contributed by atoms with van der Waals surface area (Å²) in [7, 11) is 4.48. The van der Waals surface area contributed by atoms with E-state index >= 15 is 0 Å². The predicted molar refractivity (Wildman–Crippen MR) is 124 cm³/mol. The van der Waals surface area contributed by atoms with Crippen LogP contribution in [0.15, 0.2) is 41.7 Å². The average Bonchev–Trinajstić information content (AvgIpc) is 3.39. The van der Waals surface area contributed by atoms with Crippen LogP contribution in [0.5, 0.6) is 17.2 Å². The van der Waals surface area contributed by atoms with Crippen LogP contribution in [0.1, 0.15) is 15.9 Å². The number of fused-ring (bicyclic) bond motifs is 1. The van der Waals surface area contributed by atoms with E-state index < -0.39 is 17.1 Å². The molecule has 34 heavy (non-hydrogen) atoms. The van der Waals surface area contributed by atoms with Gasteiger partial charge in [0.25, 0.3) is 17.1 Å². The number of thioether (sulfide) groups is 1. The Labute approximate surface area is 198 Å². The van der Waals surface area contributed by atoms with E-state index in [1.54, 1.807) is 36.7 Å². The number of amides is 3. The van der Waals surface area contributed by atoms with Gasteiger partial charge in [-0.3, -0.25) is 19.3 Å². The highest BCUT2D eigenvalue weighted by molar-refractivity contribution is 8.18. The molecular formula is C22H21N5O6S. The van der Waals surface area contributed by atoms with Crippen LogP contribution in [0.25, 0.3) is 11.7 Å². The summed E-state index contributed by atoms with van der Waals surface area (Å²) in [6, 6.07) is 5.06. The predicted octanol–water partition coefficient (Wildman–Crippen LogP) is 2.22. The number of carbonyl (C=O) groups is 3. The normalized spacial score (nSPS) is 14.7. The number of ether oxygens (including phenoxy) is 3. The van der Waals surface area contributed by atoms with Gasteiger partial charge >= 0.3 is 0 Å². The largest absolute Gasteiger partial charge is 0.493 e. The molecule has 1 N–H and O–H groups in total. The SMILES string of the molecule is COc1cc(C=C2SC(=O)N(CCNC(=O)c3cnn4cccnc34)C2=O)cc(OC)c1OC. The van der Waals surface area contributed by atoms with Crippen LogP contribution in [0.2, 0.25) is 0 Å². The number of nitrogens with one attached hydrogen (secondary N) is 1. The number of carbonyl (C=O) groups excluding carboxylic acids is 3. The van der Waals surface area contributed by atoms with Crippen molar-refractivity contribution in [3.05, 3.63) is 52.8 Å². The molecule has 3 amide bonds. The third kappa shape index (κ3) is 4.39. The zero-order valence-electron chi connectivity index (χ0n) is 18.6. The van der Waals surface area contributed by atoms with Crippen LogP contribution in [-0.2, 0) is 4.79 Å². The van der Waals surface area contributed by atoms with Crippen LogP contribution in [0.3, 0.4) is 0 Å². The number of hydrogen-bond donors (Lipinski definition) is 1. The molecule has 2 aromatic heterocycles. The molecule has 1 aromatic carbocycles. The molecular weight excluding hydrogens is 462 g/mol. The number of nitrogens with zero attached hydrogens (tertiary/aromatic N) is 4. The zero-order valence-corrected chi connectivity index (χ0v) is 19.4. The molecule has 0 radical (unpaired) electrons. The summed E-state index contributed by atoms with van der Waals surface area (Å²) in [5.41, 5.74) is 1.32. The van der Waals surface area contributed by atoms with Crippen molar-refractivity contribution in [2.45, 2.75) is 0 Å². The molecule has 0 unspecified atom stereocenters. The third-order valence-corrected chi connectivity index (χ3v) is 5.91. The molecule has 0 bridgehead atoms. The summed E-state index contributed by atoms with van der Waals surface area (Å²) in [5.74, 6) is 0.436. The van der Waals surface area contributed by atoms with Gasteiger partial charge in [-0.15, -0.1) is 0 Å². The summed E-state index contributed by atoms with van der Waals surface area (Å²) in [5, 5.41) is 6.35. The highest BCUT2D eigenvalue weighted by Crippen LogP contribution is 2.40. The molecule has 11 nitrogen and oxygen atoms in total. The zero-order chi connectivity index (χ0) is 24.2. The van der Waals surface area contributed by atoms with Gasteiger partial charge < -0.3 is 19.5 Å². The Morgan fingerprint density at radius 3 is 2.56 bits per heavy atom. The van der Waals surface area contributed by atoms with Gasteiger partial charge in [0.1, 0.15) is 5.56 Å². The van der Waals surface area contributed by atoms with Crippen LogP contribution in [0.4, 0.5) is 4.79 Å². The highest BCUT2D eigenvalue weighted by Gasteiger charge is 2.35. The summed E-state index contributed by atoms with van der Waals surface area (Å²) in [6.45, 7) is 0.105. The van der Waals surface area contributed by atoms with Gasteiger partial charge in [-0.25, -0.2) is 9.50 Å². The second kappa shape index (κ2) is 9.83. The minimum absolute atomic E-state index is 0.0235. The van der Waals surface area contributed by atoms with E-state index in [9.17, 15) is 14.4 Å². The van der Waals surface area contributed by atoms with E-state index in [1.807, 2.05) is 0 Å². The maximum absolute atomic E-state index is 12.8. The summed E-state index contributed by atoms with van der Waals surface area (Å²) in [4.78, 5) is 43.2. The molecule has 1 fully saturated rings. The quantitative estimate of drug-likeness (QED) is 0.480. The molecule has 3 aromatic rings. The number of methoxy groups -OCH3 is 3. The fraction of sp³-hybridized carbons (Fsp3) is 0.227. The van der Waals surface area contributed by atoms with Gasteiger partial charge in [-0.1, -0.05) is 0 Å². The Kier molecular flexibility index (Phi) is 6.68. The molecule has 0 spiro atoms. The molecule has 0 saturated carbocycles. The van der Waals surface area contributed by atoms with Crippen molar-refractivity contribution in [3.8, 4) is 17.2 Å². The number of aromatic nitrogens is 3. The second-order valence-corrected chi connectivity index (χ2v) is 7.99. The lowest BCUT2D eigenvalue weighted by molar-refractivity contribution is -0.122. The number of hydrogen-bond acceptors (Lipinski definition) is 9. The molecule has 3 heterocycles. The van der Waals surface area contributed by atoms with Gasteiger partial charge in [0.15, 0.2) is 17.1 Å². The van der Waals surface area contributed by atoms with Gasteiger partial charge in [0, 0.05) is 25.5 Å². The van der Waals surface area contributed by atoms with Gasteiger partial charge in [-0.05, 0) is 41.6 Å². The van der Waals surface area contributed by atoms with E-state index in [0.717, 1.165) is 16.7 Å². The van der Waals surface area contributed by atoms with Crippen LogP contribution < -0.4 is 19.5 Å². The van der Waals surface area contributed by atoms with Crippen LogP contribution in [-0.4, -0.2) is 71.0 Å². The number of rotatable bonds is 8. The Bertz CT molecular complexity index is 1280. The van der Waals surface area contributed by atoms with E-state index in [4.69, 9.17) is 14.2 Å². The lowest BCUT2D eigenvalue weighted by atomic mass is 10.1. The van der Waals surface area contributed by atoms with Crippen molar-refractivity contribution in [1.82, 2.24) is 24.8 Å². The lowest BCUT2D eigenvalue weighted by Gasteiger charge is -2.13. The maximum atomic E-state index is 12.8. The standard InChI is InChI=1S/C22H21N5O6S/c1-31-15-9-13(10-16(32-2)18(15)33-3)11-17-21(29)26(22(30)34-17)8-6-24-20(28)14-12-25-27-7-4-5-23-19(14)27/h4-5,7,9-12H,6,8H2,1-3H3,(H,24,28). The summed E-state index contributed by atoms with van der Waals surface area (Å²) in [6.07, 6.45) is 6.24. The van der Waals surface area contributed by atoms with Crippen molar-refractivity contribution in [2.24, 2.45) is 0 Å². The maximum Gasteiger partial charge on any atom is 0.293 e. The first-order chi connectivity index (χ1) is 16.5. The van der Waals surface area contributed by atoms with Crippen LogP contribution >= 0.6 is 11.8 Å². The van der Waals surface area contributed by atoms with Gasteiger partial charge in [0.2, 0.25) is 5.75 Å².